The number of piperidine rings is 1. The monoisotopic (exact) mass is 410 g/mol. The molecule has 0 aliphatic carbocycles. The first-order valence-corrected chi connectivity index (χ1v) is 10.8. The van der Waals surface area contributed by atoms with Crippen molar-refractivity contribution < 1.29 is 9.18 Å². The van der Waals surface area contributed by atoms with Gasteiger partial charge in [-0.2, -0.15) is 0 Å². The predicted octanol–water partition coefficient (Wildman–Crippen LogP) is 4.18. The molecule has 4 rings (SSSR count). The number of amides is 1. The molecule has 1 N–H and O–H groups in total. The molecule has 1 aromatic heterocycles. The molecule has 1 aliphatic heterocycles. The number of hydrogen-bond acceptors (Lipinski definition) is 4. The number of likely N-dealkylation sites (tertiary alicyclic amines) is 1. The van der Waals surface area contributed by atoms with Crippen LogP contribution >= 0.6 is 11.8 Å². The summed E-state index contributed by atoms with van der Waals surface area (Å²) < 4.78 is 13.9. The van der Waals surface area contributed by atoms with Crippen LogP contribution in [0.15, 0.2) is 59.8 Å². The first-order chi connectivity index (χ1) is 14.2. The smallest absolute Gasteiger partial charge is 0.233 e. The lowest BCUT2D eigenvalue weighted by atomic mass is 9.90. The summed E-state index contributed by atoms with van der Waals surface area (Å²) in [6, 6.07) is 16.9. The van der Waals surface area contributed by atoms with Crippen LogP contribution in [0, 0.1) is 11.7 Å². The third-order valence-electron chi connectivity index (χ3n) is 5.25. The zero-order valence-corrected chi connectivity index (χ0v) is 16.9. The Morgan fingerprint density at radius 2 is 1.83 bits per heavy atom. The summed E-state index contributed by atoms with van der Waals surface area (Å²) >= 11 is 1.28. The molecule has 2 heterocycles. The van der Waals surface area contributed by atoms with Crippen LogP contribution in [0.25, 0.3) is 11.4 Å². The summed E-state index contributed by atoms with van der Waals surface area (Å²) in [4.78, 5) is 18.8. The van der Waals surface area contributed by atoms with Gasteiger partial charge in [0, 0.05) is 13.1 Å². The second-order valence-electron chi connectivity index (χ2n) is 7.25. The van der Waals surface area contributed by atoms with Gasteiger partial charge in [0.2, 0.25) is 11.1 Å². The van der Waals surface area contributed by atoms with Gasteiger partial charge in [0.15, 0.2) is 5.82 Å². The van der Waals surface area contributed by atoms with Crippen LogP contribution < -0.4 is 0 Å². The number of hydrogen-bond donors (Lipinski definition) is 1. The van der Waals surface area contributed by atoms with E-state index in [1.54, 1.807) is 18.2 Å². The van der Waals surface area contributed by atoms with Crippen molar-refractivity contribution in [3.8, 4) is 11.4 Å². The van der Waals surface area contributed by atoms with Crippen molar-refractivity contribution in [2.45, 2.75) is 24.4 Å². The van der Waals surface area contributed by atoms with Crippen molar-refractivity contribution in [2.24, 2.45) is 5.92 Å². The normalized spacial score (nSPS) is 14.9. The van der Waals surface area contributed by atoms with E-state index in [9.17, 15) is 9.18 Å². The maximum atomic E-state index is 13.9. The third kappa shape index (κ3) is 5.03. The third-order valence-corrected chi connectivity index (χ3v) is 6.09. The maximum absolute atomic E-state index is 13.9. The van der Waals surface area contributed by atoms with Crippen molar-refractivity contribution >= 4 is 17.7 Å². The van der Waals surface area contributed by atoms with E-state index in [0.29, 0.717) is 22.5 Å². The van der Waals surface area contributed by atoms with E-state index in [2.05, 4.69) is 39.4 Å². The number of benzene rings is 2. The van der Waals surface area contributed by atoms with E-state index in [4.69, 9.17) is 0 Å². The molecule has 150 valence electrons. The summed E-state index contributed by atoms with van der Waals surface area (Å²) in [5, 5.41) is 7.30. The van der Waals surface area contributed by atoms with E-state index in [0.717, 1.165) is 32.4 Å². The average Bonchev–Trinajstić information content (AvgIpc) is 3.22. The van der Waals surface area contributed by atoms with Gasteiger partial charge >= 0.3 is 0 Å². The lowest BCUT2D eigenvalue weighted by Gasteiger charge is -2.32. The Balaban J connectivity index is 1.25. The number of aromatic amines is 1. The highest BCUT2D eigenvalue weighted by atomic mass is 32.2. The number of carbonyl (C=O) groups excluding carboxylic acids is 1. The number of nitrogens with one attached hydrogen (secondary N) is 1. The Labute approximate surface area is 173 Å². The van der Waals surface area contributed by atoms with Gasteiger partial charge in [-0.05, 0) is 42.9 Å². The fourth-order valence-corrected chi connectivity index (χ4v) is 4.34. The minimum Gasteiger partial charge on any atom is -0.342 e. The number of nitrogens with zero attached hydrogens (tertiary/aromatic N) is 3. The topological polar surface area (TPSA) is 61.9 Å². The summed E-state index contributed by atoms with van der Waals surface area (Å²) in [5.41, 5.74) is 1.74. The van der Waals surface area contributed by atoms with Crippen molar-refractivity contribution in [3.63, 3.8) is 0 Å². The highest BCUT2D eigenvalue weighted by Crippen LogP contribution is 2.24. The summed E-state index contributed by atoms with van der Waals surface area (Å²) in [7, 11) is 0. The molecule has 2 aromatic carbocycles. The molecule has 5 nitrogen and oxygen atoms in total. The van der Waals surface area contributed by atoms with Gasteiger partial charge in [-0.1, -0.05) is 54.2 Å². The van der Waals surface area contributed by atoms with Crippen LogP contribution in [0.4, 0.5) is 4.39 Å². The van der Waals surface area contributed by atoms with Gasteiger partial charge < -0.3 is 4.90 Å². The van der Waals surface area contributed by atoms with E-state index in [1.165, 1.54) is 23.4 Å². The molecular weight excluding hydrogens is 387 g/mol. The van der Waals surface area contributed by atoms with E-state index >= 15 is 0 Å². The van der Waals surface area contributed by atoms with Crippen LogP contribution in [0.5, 0.6) is 0 Å². The molecule has 7 heteroatoms. The van der Waals surface area contributed by atoms with Crippen LogP contribution in [0.1, 0.15) is 18.4 Å². The fraction of sp³-hybridized carbons (Fsp3) is 0.318. The van der Waals surface area contributed by atoms with E-state index in [-0.39, 0.29) is 17.5 Å². The van der Waals surface area contributed by atoms with Gasteiger partial charge in [-0.3, -0.25) is 9.89 Å². The molecule has 3 aromatic rings. The van der Waals surface area contributed by atoms with Crippen LogP contribution in [0.3, 0.4) is 0 Å². The molecule has 1 fully saturated rings. The van der Waals surface area contributed by atoms with Crippen molar-refractivity contribution in [1.82, 2.24) is 20.1 Å². The van der Waals surface area contributed by atoms with Crippen LogP contribution in [0.2, 0.25) is 0 Å². The fourth-order valence-electron chi connectivity index (χ4n) is 3.64. The first kappa shape index (κ1) is 19.6. The van der Waals surface area contributed by atoms with Gasteiger partial charge in [-0.15, -0.1) is 5.10 Å². The molecule has 0 saturated carbocycles. The standard InChI is InChI=1S/C22H23FN4OS/c23-19-9-5-4-8-18(19)21-24-22(26-25-21)29-15-20(28)27-12-10-17(11-13-27)14-16-6-2-1-3-7-16/h1-9,17H,10-15H2,(H,24,25,26). The molecule has 1 saturated heterocycles. The minimum absolute atomic E-state index is 0.102. The highest BCUT2D eigenvalue weighted by molar-refractivity contribution is 7.99. The van der Waals surface area contributed by atoms with Crippen molar-refractivity contribution in [1.29, 1.82) is 0 Å². The second-order valence-corrected chi connectivity index (χ2v) is 8.19. The Bertz CT molecular complexity index is 954. The molecule has 1 amide bonds. The maximum Gasteiger partial charge on any atom is 0.233 e. The van der Waals surface area contributed by atoms with Crippen molar-refractivity contribution in [2.75, 3.05) is 18.8 Å². The average molecular weight is 411 g/mol. The lowest BCUT2D eigenvalue weighted by molar-refractivity contribution is -0.129. The van der Waals surface area contributed by atoms with Crippen LogP contribution in [-0.2, 0) is 11.2 Å². The second kappa shape index (κ2) is 9.22. The predicted molar refractivity (Wildman–Crippen MR) is 112 cm³/mol. The summed E-state index contributed by atoms with van der Waals surface area (Å²) in [6.07, 6.45) is 3.14. The van der Waals surface area contributed by atoms with Gasteiger partial charge in [-0.25, -0.2) is 9.37 Å². The molecule has 0 radical (unpaired) electrons. The van der Waals surface area contributed by atoms with Gasteiger partial charge in [0.25, 0.3) is 0 Å². The molecule has 1 aliphatic rings. The Morgan fingerprint density at radius 1 is 1.10 bits per heavy atom. The Hall–Kier alpha value is -2.67. The summed E-state index contributed by atoms with van der Waals surface area (Å²) in [5.74, 6) is 1.04. The van der Waals surface area contributed by atoms with E-state index in [1.807, 2.05) is 11.0 Å². The van der Waals surface area contributed by atoms with E-state index < -0.39 is 0 Å². The number of carbonyl (C=O) groups is 1. The molecule has 29 heavy (non-hydrogen) atoms. The quantitative estimate of drug-likeness (QED) is 0.619. The Kier molecular flexibility index (Phi) is 6.24. The lowest BCUT2D eigenvalue weighted by Crippen LogP contribution is -2.39. The number of aromatic nitrogens is 3. The molecule has 0 unspecified atom stereocenters. The Morgan fingerprint density at radius 3 is 2.59 bits per heavy atom. The molecular formula is C22H23FN4OS. The number of H-pyrrole nitrogens is 1. The molecule has 0 atom stereocenters. The van der Waals surface area contributed by atoms with Gasteiger partial charge in [0.05, 0.1) is 11.3 Å². The molecule has 0 spiro atoms. The SMILES string of the molecule is O=C(CSc1n[nH]c(-c2ccccc2F)n1)N1CCC(Cc2ccccc2)CC1. The largest absolute Gasteiger partial charge is 0.342 e. The zero-order valence-electron chi connectivity index (χ0n) is 16.1. The van der Waals surface area contributed by atoms with Gasteiger partial charge in [0.1, 0.15) is 5.82 Å². The highest BCUT2D eigenvalue weighted by Gasteiger charge is 2.23. The van der Waals surface area contributed by atoms with Crippen molar-refractivity contribution in [3.05, 3.63) is 66.0 Å². The number of halogens is 1. The number of thioether (sulfide) groups is 1. The van der Waals surface area contributed by atoms with Crippen LogP contribution in [-0.4, -0.2) is 44.8 Å². The first-order valence-electron chi connectivity index (χ1n) is 9.81. The minimum atomic E-state index is -0.352. The molecule has 0 bridgehead atoms. The zero-order chi connectivity index (χ0) is 20.1. The summed E-state index contributed by atoms with van der Waals surface area (Å²) in [6.45, 7) is 1.59. The number of rotatable bonds is 6.